The van der Waals surface area contributed by atoms with Crippen LogP contribution in [0.4, 0.5) is 0 Å². The molecule has 2 aliphatic heterocycles. The summed E-state index contributed by atoms with van der Waals surface area (Å²) >= 11 is 0. The fourth-order valence-electron chi connectivity index (χ4n) is 3.24. The van der Waals surface area contributed by atoms with Crippen LogP contribution in [0.1, 0.15) is 52.9 Å². The van der Waals surface area contributed by atoms with E-state index in [1.54, 1.807) is 0 Å². The zero-order valence-electron chi connectivity index (χ0n) is 12.9. The van der Waals surface area contributed by atoms with Crippen LogP contribution < -0.4 is 5.32 Å². The number of nitrogens with zero attached hydrogens (tertiary/aromatic N) is 1. The van der Waals surface area contributed by atoms with Crippen LogP contribution in [-0.2, 0) is 4.74 Å². The first-order valence-electron chi connectivity index (χ1n) is 7.97. The van der Waals surface area contributed by atoms with Gasteiger partial charge in [-0.3, -0.25) is 4.90 Å². The molecule has 1 N–H and O–H groups in total. The van der Waals surface area contributed by atoms with Crippen molar-refractivity contribution in [2.45, 2.75) is 64.5 Å². The highest BCUT2D eigenvalue weighted by Gasteiger charge is 2.39. The van der Waals surface area contributed by atoms with Crippen molar-refractivity contribution in [2.24, 2.45) is 0 Å². The maximum absolute atomic E-state index is 5.95. The number of ether oxygens (including phenoxy) is 1. The van der Waals surface area contributed by atoms with Gasteiger partial charge < -0.3 is 10.1 Å². The van der Waals surface area contributed by atoms with Crippen LogP contribution in [-0.4, -0.2) is 42.7 Å². The first kappa shape index (κ1) is 14.9. The van der Waals surface area contributed by atoms with E-state index in [1.165, 1.54) is 38.1 Å². The molecule has 0 radical (unpaired) electrons. The minimum absolute atomic E-state index is 0.134. The third-order valence-electron chi connectivity index (χ3n) is 4.47. The van der Waals surface area contributed by atoms with Gasteiger partial charge in [-0.1, -0.05) is 6.92 Å². The van der Waals surface area contributed by atoms with Gasteiger partial charge in [0.05, 0.1) is 12.6 Å². The smallest absolute Gasteiger partial charge is 0.111 e. The Labute approximate surface area is 118 Å². The van der Waals surface area contributed by atoms with E-state index in [-0.39, 0.29) is 5.54 Å². The average molecular weight is 266 g/mol. The highest BCUT2D eigenvalue weighted by atomic mass is 16.5. The molecule has 0 spiro atoms. The SMILES string of the molecule is CCCNC(C1=CCCCO1)C(C)(C)N1CCCC1. The molecule has 19 heavy (non-hydrogen) atoms. The van der Waals surface area contributed by atoms with E-state index in [2.05, 4.69) is 37.1 Å². The number of allylic oxidation sites excluding steroid dienone is 1. The first-order valence-corrected chi connectivity index (χ1v) is 7.97. The molecule has 1 fully saturated rings. The van der Waals surface area contributed by atoms with Crippen molar-refractivity contribution in [3.63, 3.8) is 0 Å². The van der Waals surface area contributed by atoms with E-state index in [4.69, 9.17) is 4.74 Å². The molecule has 2 heterocycles. The second kappa shape index (κ2) is 6.76. The maximum Gasteiger partial charge on any atom is 0.111 e. The molecule has 0 amide bonds. The van der Waals surface area contributed by atoms with Gasteiger partial charge in [0.25, 0.3) is 0 Å². The number of likely N-dealkylation sites (tertiary alicyclic amines) is 1. The Bertz CT molecular complexity index is 306. The van der Waals surface area contributed by atoms with Crippen LogP contribution in [0.15, 0.2) is 11.8 Å². The third-order valence-corrected chi connectivity index (χ3v) is 4.47. The molecule has 1 unspecified atom stereocenters. The highest BCUT2D eigenvalue weighted by Crippen LogP contribution is 2.30. The highest BCUT2D eigenvalue weighted by molar-refractivity contribution is 5.14. The summed E-state index contributed by atoms with van der Waals surface area (Å²) in [7, 11) is 0. The van der Waals surface area contributed by atoms with Crippen molar-refractivity contribution >= 4 is 0 Å². The van der Waals surface area contributed by atoms with Crippen molar-refractivity contribution in [1.29, 1.82) is 0 Å². The quantitative estimate of drug-likeness (QED) is 0.800. The fraction of sp³-hybridized carbons (Fsp3) is 0.875. The van der Waals surface area contributed by atoms with Crippen molar-refractivity contribution in [1.82, 2.24) is 10.2 Å². The van der Waals surface area contributed by atoms with Crippen LogP contribution in [0.5, 0.6) is 0 Å². The molecule has 0 bridgehead atoms. The number of hydrogen-bond acceptors (Lipinski definition) is 3. The summed E-state index contributed by atoms with van der Waals surface area (Å²) in [5.74, 6) is 1.18. The molecule has 2 rings (SSSR count). The van der Waals surface area contributed by atoms with E-state index in [0.29, 0.717) is 6.04 Å². The van der Waals surface area contributed by atoms with E-state index >= 15 is 0 Å². The van der Waals surface area contributed by atoms with Crippen molar-refractivity contribution < 1.29 is 4.74 Å². The minimum atomic E-state index is 0.134. The summed E-state index contributed by atoms with van der Waals surface area (Å²) in [6.07, 6.45) is 8.46. The average Bonchev–Trinajstić information content (AvgIpc) is 2.95. The van der Waals surface area contributed by atoms with Gasteiger partial charge >= 0.3 is 0 Å². The van der Waals surface area contributed by atoms with Crippen molar-refractivity contribution in [3.05, 3.63) is 11.8 Å². The normalized spacial score (nSPS) is 23.0. The minimum Gasteiger partial charge on any atom is -0.497 e. The summed E-state index contributed by atoms with van der Waals surface area (Å²) < 4.78 is 5.95. The monoisotopic (exact) mass is 266 g/mol. The van der Waals surface area contributed by atoms with Gasteiger partial charge in [-0.05, 0) is 71.7 Å². The molecular formula is C16H30N2O. The van der Waals surface area contributed by atoms with Crippen LogP contribution in [0.25, 0.3) is 0 Å². The number of hydrogen-bond donors (Lipinski definition) is 1. The standard InChI is InChI=1S/C16H30N2O/c1-4-10-17-15(14-9-5-8-13-19-14)16(2,3)18-11-6-7-12-18/h9,15,17H,4-8,10-13H2,1-3H3. The first-order chi connectivity index (χ1) is 9.16. The van der Waals surface area contributed by atoms with Gasteiger partial charge in [0.2, 0.25) is 0 Å². The maximum atomic E-state index is 5.95. The molecule has 0 aromatic carbocycles. The Hall–Kier alpha value is -0.540. The summed E-state index contributed by atoms with van der Waals surface area (Å²) in [6.45, 7) is 11.3. The van der Waals surface area contributed by atoms with Gasteiger partial charge in [0.1, 0.15) is 5.76 Å². The molecule has 2 aliphatic rings. The predicted molar refractivity (Wildman–Crippen MR) is 80.2 cm³/mol. The summed E-state index contributed by atoms with van der Waals surface area (Å²) in [5.41, 5.74) is 0.134. The lowest BCUT2D eigenvalue weighted by atomic mass is 9.89. The topological polar surface area (TPSA) is 24.5 Å². The van der Waals surface area contributed by atoms with Gasteiger partial charge in [0, 0.05) is 5.54 Å². The second-order valence-electron chi connectivity index (χ2n) is 6.33. The van der Waals surface area contributed by atoms with E-state index < -0.39 is 0 Å². The van der Waals surface area contributed by atoms with Crippen LogP contribution in [0.2, 0.25) is 0 Å². The molecule has 1 saturated heterocycles. The van der Waals surface area contributed by atoms with E-state index in [1.807, 2.05) is 0 Å². The van der Waals surface area contributed by atoms with Gasteiger partial charge in [-0.25, -0.2) is 0 Å². The molecule has 110 valence electrons. The zero-order valence-corrected chi connectivity index (χ0v) is 12.9. The van der Waals surface area contributed by atoms with Gasteiger partial charge in [-0.2, -0.15) is 0 Å². The second-order valence-corrected chi connectivity index (χ2v) is 6.33. The molecular weight excluding hydrogens is 236 g/mol. The van der Waals surface area contributed by atoms with Gasteiger partial charge in [-0.15, -0.1) is 0 Å². The number of rotatable bonds is 6. The van der Waals surface area contributed by atoms with Crippen LogP contribution in [0.3, 0.4) is 0 Å². The Kier molecular flexibility index (Phi) is 5.28. The Balaban J connectivity index is 2.12. The van der Waals surface area contributed by atoms with Crippen molar-refractivity contribution in [3.8, 4) is 0 Å². The predicted octanol–water partition coefficient (Wildman–Crippen LogP) is 2.92. The molecule has 3 nitrogen and oxygen atoms in total. The van der Waals surface area contributed by atoms with Crippen LogP contribution >= 0.6 is 0 Å². The largest absolute Gasteiger partial charge is 0.497 e. The number of nitrogens with one attached hydrogen (secondary N) is 1. The molecule has 1 atom stereocenters. The Morgan fingerprint density at radius 2 is 2.05 bits per heavy atom. The van der Waals surface area contributed by atoms with E-state index in [0.717, 1.165) is 26.0 Å². The van der Waals surface area contributed by atoms with Crippen LogP contribution in [0, 0.1) is 0 Å². The summed E-state index contributed by atoms with van der Waals surface area (Å²) in [6, 6.07) is 0.325. The summed E-state index contributed by atoms with van der Waals surface area (Å²) in [5, 5.41) is 3.72. The van der Waals surface area contributed by atoms with Crippen molar-refractivity contribution in [2.75, 3.05) is 26.2 Å². The molecule has 0 aromatic rings. The zero-order chi connectivity index (χ0) is 13.7. The molecule has 3 heteroatoms. The Morgan fingerprint density at radius 3 is 2.63 bits per heavy atom. The third kappa shape index (κ3) is 3.51. The molecule has 0 saturated carbocycles. The molecule has 0 aromatic heterocycles. The van der Waals surface area contributed by atoms with E-state index in [9.17, 15) is 0 Å². The lowest BCUT2D eigenvalue weighted by molar-refractivity contribution is 0.0745. The lowest BCUT2D eigenvalue weighted by Crippen LogP contribution is -2.58. The summed E-state index contributed by atoms with van der Waals surface area (Å²) in [4.78, 5) is 2.62. The fourth-order valence-corrected chi connectivity index (χ4v) is 3.24. The molecule has 0 aliphatic carbocycles. The Morgan fingerprint density at radius 1 is 1.32 bits per heavy atom. The van der Waals surface area contributed by atoms with Gasteiger partial charge in [0.15, 0.2) is 0 Å². The lowest BCUT2D eigenvalue weighted by Gasteiger charge is -2.43.